The van der Waals surface area contributed by atoms with Gasteiger partial charge in [-0.25, -0.2) is 0 Å². The fourth-order valence-electron chi connectivity index (χ4n) is 1.06. The summed E-state index contributed by atoms with van der Waals surface area (Å²) in [6, 6.07) is 9.37. The Morgan fingerprint density at radius 2 is 2.08 bits per heavy atom. The van der Waals surface area contributed by atoms with E-state index >= 15 is 0 Å². The molecule has 0 unspecified atom stereocenters. The summed E-state index contributed by atoms with van der Waals surface area (Å²) in [5, 5.41) is 16.9. The van der Waals surface area contributed by atoms with Crippen molar-refractivity contribution < 1.29 is 0 Å². The fourth-order valence-corrected chi connectivity index (χ4v) is 1.06. The molecule has 0 aromatic heterocycles. The molecule has 13 heavy (non-hydrogen) atoms. The van der Waals surface area contributed by atoms with Gasteiger partial charge in [0.2, 0.25) is 0 Å². The second-order valence-corrected chi connectivity index (χ2v) is 2.65. The first-order valence-electron chi connectivity index (χ1n) is 3.85. The van der Waals surface area contributed by atoms with E-state index in [-0.39, 0.29) is 0 Å². The molecule has 2 nitrogen and oxygen atoms in total. The lowest BCUT2D eigenvalue weighted by Gasteiger charge is -1.98. The lowest BCUT2D eigenvalue weighted by molar-refractivity contribution is 1.40. The first-order valence-corrected chi connectivity index (χ1v) is 3.85. The van der Waals surface area contributed by atoms with Crippen LogP contribution in [0.15, 0.2) is 24.3 Å². The number of nitrogens with zero attached hydrogens (tertiary/aromatic N) is 2. The van der Waals surface area contributed by atoms with Crippen LogP contribution in [-0.4, -0.2) is 0 Å². The smallest absolute Gasteiger partial charge is 0.0991 e. The van der Waals surface area contributed by atoms with Crippen LogP contribution in [0.3, 0.4) is 0 Å². The van der Waals surface area contributed by atoms with Crippen molar-refractivity contribution in [2.75, 3.05) is 0 Å². The zero-order chi connectivity index (χ0) is 9.68. The van der Waals surface area contributed by atoms with Crippen LogP contribution in [0.5, 0.6) is 0 Å². The van der Waals surface area contributed by atoms with E-state index in [0.29, 0.717) is 5.56 Å². The SMILES string of the molecule is Cc1cc(C#N)ccc1C=CC#N. The topological polar surface area (TPSA) is 47.6 Å². The molecule has 0 radical (unpaired) electrons. The van der Waals surface area contributed by atoms with Gasteiger partial charge in [-0.3, -0.25) is 0 Å². The summed E-state index contributed by atoms with van der Waals surface area (Å²) < 4.78 is 0. The molecular formula is C11H8N2. The number of aryl methyl sites for hydroxylation is 1. The molecule has 62 valence electrons. The van der Waals surface area contributed by atoms with Gasteiger partial charge < -0.3 is 0 Å². The van der Waals surface area contributed by atoms with E-state index in [0.717, 1.165) is 11.1 Å². The Labute approximate surface area is 77.4 Å². The van der Waals surface area contributed by atoms with Crippen LogP contribution < -0.4 is 0 Å². The summed E-state index contributed by atoms with van der Waals surface area (Å²) in [5.74, 6) is 0. The van der Waals surface area contributed by atoms with Crippen molar-refractivity contribution in [3.63, 3.8) is 0 Å². The van der Waals surface area contributed by atoms with Gasteiger partial charge in [0.25, 0.3) is 0 Å². The summed E-state index contributed by atoms with van der Waals surface area (Å²) in [7, 11) is 0. The van der Waals surface area contributed by atoms with Crippen molar-refractivity contribution in [2.24, 2.45) is 0 Å². The highest BCUT2D eigenvalue weighted by Gasteiger charge is 1.95. The average molecular weight is 168 g/mol. The highest BCUT2D eigenvalue weighted by molar-refractivity contribution is 5.57. The monoisotopic (exact) mass is 168 g/mol. The Morgan fingerprint density at radius 1 is 1.31 bits per heavy atom. The van der Waals surface area contributed by atoms with Gasteiger partial charge >= 0.3 is 0 Å². The lowest BCUT2D eigenvalue weighted by atomic mass is 10.1. The minimum absolute atomic E-state index is 0.645. The van der Waals surface area contributed by atoms with Gasteiger partial charge in [0, 0.05) is 6.08 Å². The second kappa shape index (κ2) is 4.09. The van der Waals surface area contributed by atoms with Crippen molar-refractivity contribution in [3.05, 3.63) is 41.0 Å². The number of allylic oxidation sites excluding steroid dienone is 1. The van der Waals surface area contributed by atoms with Crippen LogP contribution in [0.4, 0.5) is 0 Å². The normalized spacial score (nSPS) is 9.46. The molecule has 2 heteroatoms. The number of nitriles is 2. The molecule has 0 bridgehead atoms. The molecule has 1 aromatic rings. The second-order valence-electron chi connectivity index (χ2n) is 2.65. The van der Waals surface area contributed by atoms with Crippen molar-refractivity contribution in [3.8, 4) is 12.1 Å². The molecule has 0 spiro atoms. The van der Waals surface area contributed by atoms with Crippen LogP contribution in [0.25, 0.3) is 6.08 Å². The molecule has 0 aliphatic rings. The number of hydrogen-bond donors (Lipinski definition) is 0. The molecule has 0 aliphatic heterocycles. The van der Waals surface area contributed by atoms with Gasteiger partial charge in [-0.05, 0) is 36.3 Å². The van der Waals surface area contributed by atoms with E-state index in [4.69, 9.17) is 10.5 Å². The largest absolute Gasteiger partial charge is 0.193 e. The van der Waals surface area contributed by atoms with Crippen LogP contribution in [0.1, 0.15) is 16.7 Å². The van der Waals surface area contributed by atoms with E-state index in [1.807, 2.05) is 19.1 Å². The Hall–Kier alpha value is -2.06. The summed E-state index contributed by atoms with van der Waals surface area (Å²) in [4.78, 5) is 0. The van der Waals surface area contributed by atoms with Gasteiger partial charge in [-0.2, -0.15) is 10.5 Å². The molecule has 0 aliphatic carbocycles. The van der Waals surface area contributed by atoms with Crippen LogP contribution in [-0.2, 0) is 0 Å². The first kappa shape index (κ1) is 9.03. The molecule has 0 amide bonds. The van der Waals surface area contributed by atoms with Crippen LogP contribution in [0, 0.1) is 29.6 Å². The number of benzene rings is 1. The fraction of sp³-hybridized carbons (Fsp3) is 0.0909. The van der Waals surface area contributed by atoms with Crippen molar-refractivity contribution in [1.82, 2.24) is 0 Å². The summed E-state index contributed by atoms with van der Waals surface area (Å²) in [5.41, 5.74) is 2.62. The molecular weight excluding hydrogens is 160 g/mol. The third-order valence-electron chi connectivity index (χ3n) is 1.74. The highest BCUT2D eigenvalue weighted by atomic mass is 14.2. The van der Waals surface area contributed by atoms with Crippen molar-refractivity contribution in [1.29, 1.82) is 10.5 Å². The minimum Gasteiger partial charge on any atom is -0.193 e. The minimum atomic E-state index is 0.645. The van der Waals surface area contributed by atoms with E-state index in [1.165, 1.54) is 6.08 Å². The van der Waals surface area contributed by atoms with Crippen molar-refractivity contribution >= 4 is 6.08 Å². The Balaban J connectivity index is 3.09. The molecule has 0 saturated carbocycles. The molecule has 0 heterocycles. The van der Waals surface area contributed by atoms with Gasteiger partial charge in [-0.15, -0.1) is 0 Å². The average Bonchev–Trinajstić information content (AvgIpc) is 2.16. The summed E-state index contributed by atoms with van der Waals surface area (Å²) in [6.45, 7) is 1.91. The van der Waals surface area contributed by atoms with E-state index in [9.17, 15) is 0 Å². The quantitative estimate of drug-likeness (QED) is 0.604. The zero-order valence-corrected chi connectivity index (χ0v) is 7.28. The Morgan fingerprint density at radius 3 is 2.62 bits per heavy atom. The predicted molar refractivity (Wildman–Crippen MR) is 50.5 cm³/mol. The Bertz CT molecular complexity index is 417. The predicted octanol–water partition coefficient (Wildman–Crippen LogP) is 2.40. The third-order valence-corrected chi connectivity index (χ3v) is 1.74. The molecule has 0 N–H and O–H groups in total. The summed E-state index contributed by atoms with van der Waals surface area (Å²) >= 11 is 0. The van der Waals surface area contributed by atoms with Crippen molar-refractivity contribution in [2.45, 2.75) is 6.92 Å². The summed E-state index contributed by atoms with van der Waals surface area (Å²) in [6.07, 6.45) is 3.16. The maximum absolute atomic E-state index is 8.61. The van der Waals surface area contributed by atoms with Gasteiger partial charge in [0.1, 0.15) is 0 Å². The van der Waals surface area contributed by atoms with E-state index in [2.05, 4.69) is 6.07 Å². The molecule has 0 saturated heterocycles. The molecule has 1 aromatic carbocycles. The third kappa shape index (κ3) is 2.18. The standard InChI is InChI=1S/C11H8N2/c1-9-7-10(8-13)4-5-11(9)3-2-6-12/h2-5,7H,1H3. The molecule has 1 rings (SSSR count). The molecule has 0 fully saturated rings. The van der Waals surface area contributed by atoms with Crippen LogP contribution >= 0.6 is 0 Å². The highest BCUT2D eigenvalue weighted by Crippen LogP contribution is 2.11. The first-order chi connectivity index (χ1) is 6.27. The van der Waals surface area contributed by atoms with E-state index < -0.39 is 0 Å². The Kier molecular flexibility index (Phi) is 2.84. The van der Waals surface area contributed by atoms with E-state index in [1.54, 1.807) is 18.2 Å². The number of hydrogen-bond acceptors (Lipinski definition) is 2. The number of rotatable bonds is 1. The molecule has 0 atom stereocenters. The maximum Gasteiger partial charge on any atom is 0.0991 e. The maximum atomic E-state index is 8.61. The lowest BCUT2D eigenvalue weighted by Crippen LogP contribution is -1.82. The zero-order valence-electron chi connectivity index (χ0n) is 7.28. The van der Waals surface area contributed by atoms with Gasteiger partial charge in [0.15, 0.2) is 0 Å². The van der Waals surface area contributed by atoms with Gasteiger partial charge in [0.05, 0.1) is 17.7 Å². The van der Waals surface area contributed by atoms with Crippen LogP contribution in [0.2, 0.25) is 0 Å². The van der Waals surface area contributed by atoms with Gasteiger partial charge in [-0.1, -0.05) is 6.07 Å².